The number of ether oxygens (including phenoxy) is 2. The number of aromatic nitrogens is 1. The summed E-state index contributed by atoms with van der Waals surface area (Å²) < 4.78 is 11.4. The molecule has 0 saturated heterocycles. The van der Waals surface area contributed by atoms with Crippen LogP contribution in [0.3, 0.4) is 0 Å². The van der Waals surface area contributed by atoms with Crippen molar-refractivity contribution in [2.75, 3.05) is 19.8 Å². The minimum Gasteiger partial charge on any atom is -0.490 e. The SMILES string of the molecule is CCOc1cc2c(cc1OCC)CN(C(=O)c1csc(CN)n1)CC2. The molecular formula is C18H23N3O3S. The fraction of sp³-hybridized carbons (Fsp3) is 0.444. The Bertz CT molecular complexity index is 760. The van der Waals surface area contributed by atoms with E-state index in [9.17, 15) is 4.79 Å². The van der Waals surface area contributed by atoms with Gasteiger partial charge in [-0.05, 0) is 43.5 Å². The van der Waals surface area contributed by atoms with E-state index in [0.717, 1.165) is 28.5 Å². The van der Waals surface area contributed by atoms with E-state index in [1.54, 1.807) is 5.38 Å². The maximum atomic E-state index is 12.7. The Morgan fingerprint density at radius 3 is 2.52 bits per heavy atom. The number of carbonyl (C=O) groups is 1. The van der Waals surface area contributed by atoms with Crippen molar-refractivity contribution < 1.29 is 14.3 Å². The van der Waals surface area contributed by atoms with Crippen LogP contribution in [0.25, 0.3) is 0 Å². The van der Waals surface area contributed by atoms with E-state index in [2.05, 4.69) is 4.98 Å². The predicted molar refractivity (Wildman–Crippen MR) is 97.2 cm³/mol. The molecule has 1 amide bonds. The average molecular weight is 361 g/mol. The van der Waals surface area contributed by atoms with Crippen molar-refractivity contribution in [3.05, 3.63) is 39.3 Å². The van der Waals surface area contributed by atoms with Gasteiger partial charge in [-0.25, -0.2) is 4.98 Å². The number of carbonyl (C=O) groups excluding carboxylic acids is 1. The summed E-state index contributed by atoms with van der Waals surface area (Å²) in [6, 6.07) is 4.04. The highest BCUT2D eigenvalue weighted by atomic mass is 32.1. The molecule has 134 valence electrons. The molecule has 1 aliphatic rings. The van der Waals surface area contributed by atoms with Crippen LogP contribution in [0.1, 0.15) is 40.5 Å². The first-order valence-corrected chi connectivity index (χ1v) is 9.39. The molecule has 1 aromatic carbocycles. The van der Waals surface area contributed by atoms with E-state index in [1.165, 1.54) is 16.9 Å². The number of thiazole rings is 1. The van der Waals surface area contributed by atoms with E-state index >= 15 is 0 Å². The summed E-state index contributed by atoms with van der Waals surface area (Å²) in [5.41, 5.74) is 8.37. The second-order valence-electron chi connectivity index (χ2n) is 5.74. The van der Waals surface area contributed by atoms with Crippen LogP contribution in [0.2, 0.25) is 0 Å². The predicted octanol–water partition coefficient (Wildman–Crippen LogP) is 2.60. The molecule has 25 heavy (non-hydrogen) atoms. The number of nitrogens with two attached hydrogens (primary N) is 1. The Balaban J connectivity index is 1.82. The first-order valence-electron chi connectivity index (χ1n) is 8.51. The van der Waals surface area contributed by atoms with Gasteiger partial charge in [0.05, 0.1) is 13.2 Å². The van der Waals surface area contributed by atoms with Gasteiger partial charge in [-0.3, -0.25) is 4.79 Å². The van der Waals surface area contributed by atoms with Gasteiger partial charge < -0.3 is 20.1 Å². The molecule has 0 atom stereocenters. The van der Waals surface area contributed by atoms with E-state index in [4.69, 9.17) is 15.2 Å². The van der Waals surface area contributed by atoms with Crippen molar-refractivity contribution in [1.29, 1.82) is 0 Å². The molecule has 2 aromatic rings. The van der Waals surface area contributed by atoms with Gasteiger partial charge in [-0.2, -0.15) is 0 Å². The van der Waals surface area contributed by atoms with Crippen LogP contribution in [0.5, 0.6) is 11.5 Å². The van der Waals surface area contributed by atoms with Crippen molar-refractivity contribution in [2.24, 2.45) is 5.73 Å². The summed E-state index contributed by atoms with van der Waals surface area (Å²) in [4.78, 5) is 18.8. The molecule has 7 heteroatoms. The third-order valence-electron chi connectivity index (χ3n) is 4.11. The van der Waals surface area contributed by atoms with E-state index in [1.807, 2.05) is 30.9 Å². The maximum absolute atomic E-state index is 12.7. The molecule has 0 saturated carbocycles. The first kappa shape index (κ1) is 17.7. The van der Waals surface area contributed by atoms with Gasteiger partial charge in [0.2, 0.25) is 0 Å². The molecule has 0 fully saturated rings. The lowest BCUT2D eigenvalue weighted by Gasteiger charge is -2.29. The number of amides is 1. The maximum Gasteiger partial charge on any atom is 0.273 e. The monoisotopic (exact) mass is 361 g/mol. The molecule has 0 unspecified atom stereocenters. The van der Waals surface area contributed by atoms with Crippen LogP contribution in [-0.4, -0.2) is 35.5 Å². The van der Waals surface area contributed by atoms with Gasteiger partial charge in [0.25, 0.3) is 5.91 Å². The molecule has 1 aromatic heterocycles. The van der Waals surface area contributed by atoms with E-state index in [-0.39, 0.29) is 5.91 Å². The van der Waals surface area contributed by atoms with Crippen molar-refractivity contribution in [3.8, 4) is 11.5 Å². The number of rotatable bonds is 6. The summed E-state index contributed by atoms with van der Waals surface area (Å²) in [7, 11) is 0. The van der Waals surface area contributed by atoms with Gasteiger partial charge in [0.15, 0.2) is 11.5 Å². The van der Waals surface area contributed by atoms with Gasteiger partial charge in [0, 0.05) is 25.0 Å². The molecule has 1 aliphatic heterocycles. The van der Waals surface area contributed by atoms with E-state index < -0.39 is 0 Å². The van der Waals surface area contributed by atoms with Crippen molar-refractivity contribution in [1.82, 2.24) is 9.88 Å². The van der Waals surface area contributed by atoms with Crippen molar-refractivity contribution >= 4 is 17.2 Å². The molecule has 0 radical (unpaired) electrons. The van der Waals surface area contributed by atoms with Gasteiger partial charge in [-0.15, -0.1) is 11.3 Å². The summed E-state index contributed by atoms with van der Waals surface area (Å²) in [5, 5.41) is 2.56. The van der Waals surface area contributed by atoms with Crippen LogP contribution in [0.15, 0.2) is 17.5 Å². The summed E-state index contributed by atoms with van der Waals surface area (Å²) in [6.07, 6.45) is 0.793. The summed E-state index contributed by atoms with van der Waals surface area (Å²) >= 11 is 1.42. The molecule has 0 aliphatic carbocycles. The fourth-order valence-corrected chi connectivity index (χ4v) is 3.59. The molecule has 0 bridgehead atoms. The zero-order valence-corrected chi connectivity index (χ0v) is 15.4. The van der Waals surface area contributed by atoms with Crippen LogP contribution in [-0.2, 0) is 19.5 Å². The fourth-order valence-electron chi connectivity index (χ4n) is 2.94. The van der Waals surface area contributed by atoms with Gasteiger partial charge in [0.1, 0.15) is 10.7 Å². The largest absolute Gasteiger partial charge is 0.490 e. The van der Waals surface area contributed by atoms with Gasteiger partial charge in [-0.1, -0.05) is 0 Å². The molecule has 6 nitrogen and oxygen atoms in total. The molecule has 0 spiro atoms. The number of hydrogen-bond donors (Lipinski definition) is 1. The third kappa shape index (κ3) is 3.77. The number of hydrogen-bond acceptors (Lipinski definition) is 6. The second-order valence-corrected chi connectivity index (χ2v) is 6.68. The lowest BCUT2D eigenvalue weighted by atomic mass is 9.98. The normalized spacial score (nSPS) is 13.5. The van der Waals surface area contributed by atoms with Crippen molar-refractivity contribution in [2.45, 2.75) is 33.4 Å². The Labute approximate surface area is 151 Å². The second kappa shape index (κ2) is 7.84. The van der Waals surface area contributed by atoms with Crippen LogP contribution < -0.4 is 15.2 Å². The summed E-state index contributed by atoms with van der Waals surface area (Å²) in [5.74, 6) is 1.46. The number of benzene rings is 1. The average Bonchev–Trinajstić information content (AvgIpc) is 3.11. The Hall–Kier alpha value is -2.12. The first-order chi connectivity index (χ1) is 12.2. The Morgan fingerprint density at radius 2 is 1.92 bits per heavy atom. The quantitative estimate of drug-likeness (QED) is 0.856. The highest BCUT2D eigenvalue weighted by molar-refractivity contribution is 7.09. The molecule has 2 heterocycles. The van der Waals surface area contributed by atoms with Gasteiger partial charge >= 0.3 is 0 Å². The Morgan fingerprint density at radius 1 is 1.24 bits per heavy atom. The van der Waals surface area contributed by atoms with Crippen LogP contribution >= 0.6 is 11.3 Å². The lowest BCUT2D eigenvalue weighted by molar-refractivity contribution is 0.0729. The minimum absolute atomic E-state index is 0.0477. The Kier molecular flexibility index (Phi) is 5.55. The topological polar surface area (TPSA) is 77.7 Å². The van der Waals surface area contributed by atoms with Crippen LogP contribution in [0, 0.1) is 0 Å². The minimum atomic E-state index is -0.0477. The standard InChI is InChI=1S/C18H23N3O3S/c1-3-23-15-7-12-5-6-21(10-13(12)8-16(15)24-4-2)18(22)14-11-25-17(9-19)20-14/h7-8,11H,3-6,9-10,19H2,1-2H3. The van der Waals surface area contributed by atoms with Crippen molar-refractivity contribution in [3.63, 3.8) is 0 Å². The summed E-state index contributed by atoms with van der Waals surface area (Å²) in [6.45, 7) is 6.65. The highest BCUT2D eigenvalue weighted by Gasteiger charge is 2.25. The molecule has 2 N–H and O–H groups in total. The molecule has 3 rings (SSSR count). The highest BCUT2D eigenvalue weighted by Crippen LogP contribution is 2.34. The number of nitrogens with zero attached hydrogens (tertiary/aromatic N) is 2. The van der Waals surface area contributed by atoms with Crippen LogP contribution in [0.4, 0.5) is 0 Å². The third-order valence-corrected chi connectivity index (χ3v) is 4.98. The van der Waals surface area contributed by atoms with E-state index in [0.29, 0.717) is 38.5 Å². The zero-order chi connectivity index (χ0) is 17.8. The number of fused-ring (bicyclic) bond motifs is 1. The smallest absolute Gasteiger partial charge is 0.273 e. The zero-order valence-electron chi connectivity index (χ0n) is 14.6. The molecular weight excluding hydrogens is 338 g/mol. The lowest BCUT2D eigenvalue weighted by Crippen LogP contribution is -2.36.